The largest absolute Gasteiger partial charge is 0.309 e. The predicted octanol–water partition coefficient (Wildman–Crippen LogP) is 11.5. The van der Waals surface area contributed by atoms with Crippen LogP contribution in [0, 0.1) is 0 Å². The van der Waals surface area contributed by atoms with Gasteiger partial charge in [0.1, 0.15) is 11.2 Å². The van der Waals surface area contributed by atoms with Gasteiger partial charge in [0.05, 0.1) is 22.1 Å². The van der Waals surface area contributed by atoms with E-state index in [4.69, 9.17) is 4.98 Å². The Morgan fingerprint density at radius 2 is 0.735 bits per heavy atom. The molecule has 4 heteroatoms. The normalized spacial score (nSPS) is 12.1. The fourth-order valence-corrected chi connectivity index (χ4v) is 8.07. The van der Waals surface area contributed by atoms with Gasteiger partial charge in [-0.05, 0) is 65.0 Å². The van der Waals surface area contributed by atoms with E-state index in [-0.39, 0.29) is 0 Å². The first-order chi connectivity index (χ1) is 24.3. The number of aromatic nitrogens is 4. The molecule has 4 aromatic heterocycles. The van der Waals surface area contributed by atoms with Gasteiger partial charge in [-0.1, -0.05) is 121 Å². The molecule has 49 heavy (non-hydrogen) atoms. The molecule has 0 spiro atoms. The van der Waals surface area contributed by atoms with Crippen LogP contribution in [0.3, 0.4) is 0 Å². The summed E-state index contributed by atoms with van der Waals surface area (Å²) in [6, 6.07) is 61.1. The molecule has 4 nitrogen and oxygen atoms in total. The summed E-state index contributed by atoms with van der Waals surface area (Å²) in [5.41, 5.74) is 12.5. The molecule has 0 fully saturated rings. The highest BCUT2D eigenvalue weighted by molar-refractivity contribution is 6.17. The van der Waals surface area contributed by atoms with E-state index in [2.05, 4.69) is 183 Å². The number of para-hydroxylation sites is 4. The van der Waals surface area contributed by atoms with Crippen LogP contribution in [-0.2, 0) is 0 Å². The van der Waals surface area contributed by atoms with E-state index in [1.807, 2.05) is 0 Å². The van der Waals surface area contributed by atoms with Gasteiger partial charge in [-0.2, -0.15) is 0 Å². The van der Waals surface area contributed by atoms with Gasteiger partial charge in [-0.3, -0.25) is 8.97 Å². The molecule has 4 heterocycles. The van der Waals surface area contributed by atoms with Crippen molar-refractivity contribution in [2.45, 2.75) is 0 Å². The van der Waals surface area contributed by atoms with Gasteiger partial charge in [-0.15, -0.1) is 0 Å². The first-order valence-corrected chi connectivity index (χ1v) is 16.7. The van der Waals surface area contributed by atoms with Crippen LogP contribution in [0.4, 0.5) is 0 Å². The van der Waals surface area contributed by atoms with Crippen molar-refractivity contribution in [1.29, 1.82) is 0 Å². The lowest BCUT2D eigenvalue weighted by atomic mass is 10.0. The highest BCUT2D eigenvalue weighted by Gasteiger charge is 2.21. The molecule has 11 rings (SSSR count). The quantitative estimate of drug-likeness (QED) is 0.180. The average molecular weight is 625 g/mol. The molecule has 0 unspecified atom stereocenters. The summed E-state index contributed by atoms with van der Waals surface area (Å²) in [4.78, 5) is 5.34. The molecular formula is C45H28N4. The number of imidazole rings is 1. The van der Waals surface area contributed by atoms with E-state index in [1.165, 1.54) is 43.7 Å². The zero-order valence-electron chi connectivity index (χ0n) is 26.5. The van der Waals surface area contributed by atoms with Crippen molar-refractivity contribution in [3.63, 3.8) is 0 Å². The van der Waals surface area contributed by atoms with Gasteiger partial charge >= 0.3 is 0 Å². The van der Waals surface area contributed by atoms with Crippen molar-refractivity contribution >= 4 is 71.2 Å². The second-order valence-electron chi connectivity index (χ2n) is 12.8. The minimum atomic E-state index is 0.985. The van der Waals surface area contributed by atoms with Crippen LogP contribution in [0.15, 0.2) is 170 Å². The lowest BCUT2D eigenvalue weighted by molar-refractivity contribution is 1.12. The van der Waals surface area contributed by atoms with Crippen LogP contribution < -0.4 is 0 Å². The lowest BCUT2D eigenvalue weighted by Crippen LogP contribution is -1.99. The number of hydrogen-bond donors (Lipinski definition) is 0. The van der Waals surface area contributed by atoms with Gasteiger partial charge < -0.3 is 4.57 Å². The van der Waals surface area contributed by atoms with E-state index in [0.29, 0.717) is 0 Å². The SMILES string of the molecule is c1ccc2c(c1)c1ccccc1n1c2nc2c3ccccc3n(-c3ccc(-c4ccc(-n5c6ccccc6c6ccccc65)cc4)cc3)c21. The number of hydrogen-bond acceptors (Lipinski definition) is 1. The third-order valence-electron chi connectivity index (χ3n) is 10.2. The Labute approximate surface area is 281 Å². The zero-order valence-corrected chi connectivity index (χ0v) is 26.5. The van der Waals surface area contributed by atoms with Gasteiger partial charge in [0.15, 0.2) is 5.65 Å². The summed E-state index contributed by atoms with van der Waals surface area (Å²) in [6.07, 6.45) is 0. The summed E-state index contributed by atoms with van der Waals surface area (Å²) >= 11 is 0. The maximum atomic E-state index is 5.34. The van der Waals surface area contributed by atoms with E-state index in [0.717, 1.165) is 50.0 Å². The average Bonchev–Trinajstić information content (AvgIpc) is 3.83. The molecule has 0 amide bonds. The molecule has 0 aliphatic heterocycles. The van der Waals surface area contributed by atoms with Crippen molar-refractivity contribution in [2.75, 3.05) is 0 Å². The number of fused-ring (bicyclic) bond motifs is 13. The summed E-state index contributed by atoms with van der Waals surface area (Å²) in [6.45, 7) is 0. The Morgan fingerprint density at radius 1 is 0.327 bits per heavy atom. The highest BCUT2D eigenvalue weighted by atomic mass is 15.2. The van der Waals surface area contributed by atoms with Crippen molar-refractivity contribution in [2.24, 2.45) is 0 Å². The van der Waals surface area contributed by atoms with Gasteiger partial charge in [-0.25, -0.2) is 4.98 Å². The molecule has 0 radical (unpaired) electrons. The van der Waals surface area contributed by atoms with Crippen LogP contribution in [0.25, 0.3) is 93.7 Å². The summed E-state index contributed by atoms with van der Waals surface area (Å²) in [5, 5.41) is 7.31. The maximum absolute atomic E-state index is 5.34. The molecule has 0 bridgehead atoms. The molecule has 228 valence electrons. The monoisotopic (exact) mass is 624 g/mol. The topological polar surface area (TPSA) is 27.2 Å². The van der Waals surface area contributed by atoms with Crippen molar-refractivity contribution in [3.05, 3.63) is 170 Å². The number of nitrogens with zero attached hydrogens (tertiary/aromatic N) is 4. The second-order valence-corrected chi connectivity index (χ2v) is 12.8. The minimum absolute atomic E-state index is 0.985. The van der Waals surface area contributed by atoms with E-state index in [1.54, 1.807) is 0 Å². The molecule has 0 saturated carbocycles. The molecule has 0 aliphatic carbocycles. The first kappa shape index (κ1) is 26.4. The number of rotatable bonds is 3. The Morgan fingerprint density at radius 3 is 1.31 bits per heavy atom. The maximum Gasteiger partial charge on any atom is 0.151 e. The molecule has 7 aromatic carbocycles. The fraction of sp³-hybridized carbons (Fsp3) is 0. The Hall–Kier alpha value is -6.65. The number of benzene rings is 7. The van der Waals surface area contributed by atoms with E-state index >= 15 is 0 Å². The molecule has 0 aliphatic rings. The lowest BCUT2D eigenvalue weighted by Gasteiger charge is -2.13. The first-order valence-electron chi connectivity index (χ1n) is 16.7. The molecule has 0 atom stereocenters. The minimum Gasteiger partial charge on any atom is -0.309 e. The standard InChI is InChI=1S/C45H28N4/c1-2-15-37-33(11-1)34-12-3-9-19-41(34)49-44(37)46-43-38-16-6-10-20-42(38)48(45(43)49)32-27-23-30(24-28-32)29-21-25-31(26-22-29)47-39-17-7-4-13-35(39)36-14-5-8-18-40(36)47/h1-28H. The van der Waals surface area contributed by atoms with Gasteiger partial charge in [0.2, 0.25) is 0 Å². The summed E-state index contributed by atoms with van der Waals surface area (Å²) in [5.74, 6) is 0. The van der Waals surface area contributed by atoms with Crippen LogP contribution in [0.5, 0.6) is 0 Å². The van der Waals surface area contributed by atoms with Crippen molar-refractivity contribution in [3.8, 4) is 22.5 Å². The Kier molecular flexibility index (Phi) is 5.35. The number of pyridine rings is 1. The summed E-state index contributed by atoms with van der Waals surface area (Å²) < 4.78 is 7.10. The van der Waals surface area contributed by atoms with E-state index < -0.39 is 0 Å². The van der Waals surface area contributed by atoms with Crippen LogP contribution >= 0.6 is 0 Å². The zero-order chi connectivity index (χ0) is 32.1. The smallest absolute Gasteiger partial charge is 0.151 e. The highest BCUT2D eigenvalue weighted by Crippen LogP contribution is 2.38. The fourth-order valence-electron chi connectivity index (χ4n) is 8.07. The van der Waals surface area contributed by atoms with Gasteiger partial charge in [0, 0.05) is 38.3 Å². The van der Waals surface area contributed by atoms with Crippen LogP contribution in [-0.4, -0.2) is 18.5 Å². The molecule has 0 N–H and O–H groups in total. The van der Waals surface area contributed by atoms with E-state index in [9.17, 15) is 0 Å². The third-order valence-corrected chi connectivity index (χ3v) is 10.2. The molecule has 0 saturated heterocycles. The summed E-state index contributed by atoms with van der Waals surface area (Å²) in [7, 11) is 0. The third kappa shape index (κ3) is 3.66. The van der Waals surface area contributed by atoms with Crippen molar-refractivity contribution in [1.82, 2.24) is 18.5 Å². The van der Waals surface area contributed by atoms with Crippen molar-refractivity contribution < 1.29 is 0 Å². The predicted molar refractivity (Wildman–Crippen MR) is 204 cm³/mol. The Bertz CT molecular complexity index is 3030. The molecular weight excluding hydrogens is 597 g/mol. The Balaban J connectivity index is 1.07. The van der Waals surface area contributed by atoms with Gasteiger partial charge in [0.25, 0.3) is 0 Å². The molecule has 11 aromatic rings. The van der Waals surface area contributed by atoms with Crippen LogP contribution in [0.1, 0.15) is 0 Å². The van der Waals surface area contributed by atoms with Crippen LogP contribution in [0.2, 0.25) is 0 Å². The second kappa shape index (κ2) is 9.93.